The van der Waals surface area contributed by atoms with Gasteiger partial charge in [0.25, 0.3) is 0 Å². The van der Waals surface area contributed by atoms with Gasteiger partial charge in [-0.05, 0) is 55.8 Å². The molecule has 0 radical (unpaired) electrons. The highest BCUT2D eigenvalue weighted by Gasteiger charge is 2.44. The van der Waals surface area contributed by atoms with Crippen LogP contribution in [0.25, 0.3) is 0 Å². The number of ether oxygens (including phenoxy) is 3. The number of carbonyl (C=O) groups excluding carboxylic acids is 1. The first kappa shape index (κ1) is 25.2. The molecule has 180 valence electrons. The Balaban J connectivity index is 1.59. The van der Waals surface area contributed by atoms with Gasteiger partial charge < -0.3 is 23.5 Å². The van der Waals surface area contributed by atoms with Crippen LogP contribution in [0.2, 0.25) is 18.1 Å². The predicted octanol–water partition coefficient (Wildman–Crippen LogP) is 5.72. The van der Waals surface area contributed by atoms with Crippen LogP contribution >= 0.6 is 0 Å². The zero-order valence-corrected chi connectivity index (χ0v) is 21.5. The van der Waals surface area contributed by atoms with Crippen molar-refractivity contribution in [2.45, 2.75) is 96.1 Å². The fourth-order valence-electron chi connectivity index (χ4n) is 4.03. The molecule has 0 N–H and O–H groups in total. The molecule has 3 rings (SSSR count). The van der Waals surface area contributed by atoms with E-state index >= 15 is 0 Å². The second kappa shape index (κ2) is 11.1. The van der Waals surface area contributed by atoms with Crippen molar-refractivity contribution < 1.29 is 23.4 Å². The standard InChI is InChI=1S/C25H41NO5Si/c1-25(2,3)32(4,5)31-22-17-21(14-16-29-23-13-9-10-15-28-23)26(18-22)24(27)30-19-20-11-7-6-8-12-20/h6-8,11-12,21-23H,9-10,13-19H2,1-5H3/t21-,22+,23?/m0/s1. The number of rotatable bonds is 8. The summed E-state index contributed by atoms with van der Waals surface area (Å²) < 4.78 is 24.0. The van der Waals surface area contributed by atoms with Crippen molar-refractivity contribution in [3.63, 3.8) is 0 Å². The second-order valence-electron chi connectivity index (χ2n) is 10.5. The van der Waals surface area contributed by atoms with Gasteiger partial charge in [0, 0.05) is 19.2 Å². The molecule has 0 bridgehead atoms. The highest BCUT2D eigenvalue weighted by Crippen LogP contribution is 2.39. The molecule has 2 fully saturated rings. The number of hydrogen-bond acceptors (Lipinski definition) is 5. The number of hydrogen-bond donors (Lipinski definition) is 0. The van der Waals surface area contributed by atoms with Gasteiger partial charge in [-0.15, -0.1) is 0 Å². The topological polar surface area (TPSA) is 57.2 Å². The Hall–Kier alpha value is -1.41. The van der Waals surface area contributed by atoms with Gasteiger partial charge in [0.1, 0.15) is 6.61 Å². The van der Waals surface area contributed by atoms with E-state index in [4.69, 9.17) is 18.6 Å². The minimum absolute atomic E-state index is 0.0381. The van der Waals surface area contributed by atoms with Crippen LogP contribution in [0.3, 0.4) is 0 Å². The highest BCUT2D eigenvalue weighted by atomic mass is 28.4. The van der Waals surface area contributed by atoms with Crippen LogP contribution in [0.15, 0.2) is 30.3 Å². The van der Waals surface area contributed by atoms with Crippen molar-refractivity contribution in [2.75, 3.05) is 19.8 Å². The number of carbonyl (C=O) groups is 1. The summed E-state index contributed by atoms with van der Waals surface area (Å²) in [5.74, 6) is 0. The number of amides is 1. The largest absolute Gasteiger partial charge is 0.445 e. The first-order chi connectivity index (χ1) is 15.2. The zero-order chi connectivity index (χ0) is 23.2. The summed E-state index contributed by atoms with van der Waals surface area (Å²) in [5.41, 5.74) is 0.989. The van der Waals surface area contributed by atoms with E-state index in [1.807, 2.05) is 35.2 Å². The van der Waals surface area contributed by atoms with Gasteiger partial charge in [-0.2, -0.15) is 0 Å². The van der Waals surface area contributed by atoms with Gasteiger partial charge in [-0.3, -0.25) is 0 Å². The lowest BCUT2D eigenvalue weighted by Gasteiger charge is -2.38. The molecule has 2 aliphatic heterocycles. The van der Waals surface area contributed by atoms with Gasteiger partial charge in [-0.25, -0.2) is 4.79 Å². The minimum Gasteiger partial charge on any atom is -0.445 e. The Morgan fingerprint density at radius 3 is 2.59 bits per heavy atom. The predicted molar refractivity (Wildman–Crippen MR) is 128 cm³/mol. The van der Waals surface area contributed by atoms with Crippen LogP contribution in [0.4, 0.5) is 4.79 Å². The lowest BCUT2D eigenvalue weighted by molar-refractivity contribution is -0.164. The van der Waals surface area contributed by atoms with Gasteiger partial charge in [0.15, 0.2) is 14.6 Å². The average Bonchev–Trinajstić information content (AvgIpc) is 3.14. The molecule has 0 spiro atoms. The molecule has 32 heavy (non-hydrogen) atoms. The SMILES string of the molecule is CC(C)(C)[Si](C)(C)O[C@@H]1C[C@H](CCOC2CCCCO2)N(C(=O)OCc2ccccc2)C1. The summed E-state index contributed by atoms with van der Waals surface area (Å²) in [6.07, 6.45) is 4.45. The first-order valence-electron chi connectivity index (χ1n) is 12.0. The van der Waals surface area contributed by atoms with Gasteiger partial charge >= 0.3 is 6.09 Å². The lowest BCUT2D eigenvalue weighted by Crippen LogP contribution is -2.44. The Bertz CT molecular complexity index is 715. The molecule has 1 aromatic carbocycles. The Labute approximate surface area is 194 Å². The normalized spacial score (nSPS) is 24.5. The zero-order valence-electron chi connectivity index (χ0n) is 20.5. The summed E-state index contributed by atoms with van der Waals surface area (Å²) in [5, 5.41) is 0.130. The van der Waals surface area contributed by atoms with Gasteiger partial charge in [0.05, 0.1) is 12.7 Å². The van der Waals surface area contributed by atoms with E-state index in [1.165, 1.54) is 0 Å². The maximum Gasteiger partial charge on any atom is 0.410 e. The number of benzene rings is 1. The van der Waals surface area contributed by atoms with Crippen LogP contribution in [0, 0.1) is 0 Å². The van der Waals surface area contributed by atoms with E-state index in [0.29, 0.717) is 13.2 Å². The molecular weight excluding hydrogens is 422 g/mol. The van der Waals surface area contributed by atoms with Gasteiger partial charge in [0.2, 0.25) is 0 Å². The second-order valence-corrected chi connectivity index (χ2v) is 15.3. The van der Waals surface area contributed by atoms with Crippen LogP contribution in [0.5, 0.6) is 0 Å². The molecule has 1 unspecified atom stereocenters. The lowest BCUT2D eigenvalue weighted by atomic mass is 10.1. The third-order valence-corrected chi connectivity index (χ3v) is 11.5. The van der Waals surface area contributed by atoms with Crippen molar-refractivity contribution in [3.05, 3.63) is 35.9 Å². The Kier molecular flexibility index (Phi) is 8.78. The molecule has 2 saturated heterocycles. The van der Waals surface area contributed by atoms with E-state index in [0.717, 1.165) is 44.3 Å². The molecule has 1 aromatic rings. The maximum absolute atomic E-state index is 13.0. The summed E-state index contributed by atoms with van der Waals surface area (Å²) >= 11 is 0. The minimum atomic E-state index is -1.92. The van der Waals surface area contributed by atoms with Crippen LogP contribution < -0.4 is 0 Å². The fraction of sp³-hybridized carbons (Fsp3) is 0.720. The van der Waals surface area contributed by atoms with E-state index in [-0.39, 0.29) is 36.2 Å². The number of nitrogens with zero attached hydrogens (tertiary/aromatic N) is 1. The van der Waals surface area contributed by atoms with E-state index in [2.05, 4.69) is 33.9 Å². The van der Waals surface area contributed by atoms with Crippen molar-refractivity contribution in [1.82, 2.24) is 4.90 Å². The monoisotopic (exact) mass is 463 g/mol. The van der Waals surface area contributed by atoms with Crippen molar-refractivity contribution >= 4 is 14.4 Å². The van der Waals surface area contributed by atoms with E-state index < -0.39 is 8.32 Å². The van der Waals surface area contributed by atoms with Crippen molar-refractivity contribution in [3.8, 4) is 0 Å². The average molecular weight is 464 g/mol. The van der Waals surface area contributed by atoms with Crippen LogP contribution in [-0.2, 0) is 25.2 Å². The molecule has 3 atom stereocenters. The van der Waals surface area contributed by atoms with Gasteiger partial charge in [-0.1, -0.05) is 51.1 Å². The fourth-order valence-corrected chi connectivity index (χ4v) is 5.39. The molecule has 7 heteroatoms. The maximum atomic E-state index is 13.0. The molecule has 2 heterocycles. The quantitative estimate of drug-likeness (QED) is 0.461. The molecule has 6 nitrogen and oxygen atoms in total. The summed E-state index contributed by atoms with van der Waals surface area (Å²) in [6.45, 7) is 13.5. The molecular formula is C25H41NO5Si. The number of likely N-dealkylation sites (tertiary alicyclic amines) is 1. The van der Waals surface area contributed by atoms with Crippen LogP contribution in [-0.4, -0.2) is 57.5 Å². The van der Waals surface area contributed by atoms with E-state index in [9.17, 15) is 4.79 Å². The van der Waals surface area contributed by atoms with Crippen molar-refractivity contribution in [2.24, 2.45) is 0 Å². The molecule has 1 amide bonds. The summed E-state index contributed by atoms with van der Waals surface area (Å²) in [7, 11) is -1.92. The van der Waals surface area contributed by atoms with Crippen molar-refractivity contribution in [1.29, 1.82) is 0 Å². The Morgan fingerprint density at radius 1 is 1.19 bits per heavy atom. The van der Waals surface area contributed by atoms with E-state index in [1.54, 1.807) is 0 Å². The smallest absolute Gasteiger partial charge is 0.410 e. The first-order valence-corrected chi connectivity index (χ1v) is 14.9. The highest BCUT2D eigenvalue weighted by molar-refractivity contribution is 6.74. The van der Waals surface area contributed by atoms with Crippen LogP contribution in [0.1, 0.15) is 58.4 Å². The molecule has 2 aliphatic rings. The third kappa shape index (κ3) is 7.04. The molecule has 0 aromatic heterocycles. The molecule has 0 saturated carbocycles. The summed E-state index contributed by atoms with van der Waals surface area (Å²) in [4.78, 5) is 14.8. The molecule has 0 aliphatic carbocycles. The third-order valence-electron chi connectivity index (χ3n) is 6.98. The summed E-state index contributed by atoms with van der Waals surface area (Å²) in [6, 6.07) is 9.86. The Morgan fingerprint density at radius 2 is 1.94 bits per heavy atom.